The summed E-state index contributed by atoms with van der Waals surface area (Å²) in [5, 5.41) is 11.9. The second-order valence-electron chi connectivity index (χ2n) is 5.70. The van der Waals surface area contributed by atoms with Crippen molar-refractivity contribution in [2.75, 3.05) is 13.7 Å². The molecule has 1 aromatic carbocycles. The van der Waals surface area contributed by atoms with Crippen molar-refractivity contribution in [2.24, 2.45) is 5.92 Å². The van der Waals surface area contributed by atoms with Gasteiger partial charge in [-0.15, -0.1) is 0 Å². The highest BCUT2D eigenvalue weighted by molar-refractivity contribution is 5.78. The molecule has 1 N–H and O–H groups in total. The minimum atomic E-state index is -0.120. The molecule has 0 saturated heterocycles. The fourth-order valence-electron chi connectivity index (χ4n) is 2.78. The van der Waals surface area contributed by atoms with Gasteiger partial charge in [0.05, 0.1) is 18.7 Å². The second-order valence-corrected chi connectivity index (χ2v) is 5.70. The van der Waals surface area contributed by atoms with Crippen molar-refractivity contribution in [3.05, 3.63) is 23.8 Å². The largest absolute Gasteiger partial charge is 0.493 e. The van der Waals surface area contributed by atoms with Gasteiger partial charge in [-0.05, 0) is 30.9 Å². The Hall–Kier alpha value is -2.22. The molecule has 2 atom stereocenters. The third-order valence-corrected chi connectivity index (χ3v) is 4.11. The lowest BCUT2D eigenvalue weighted by molar-refractivity contribution is -0.124. The predicted molar refractivity (Wildman–Crippen MR) is 82.8 cm³/mol. The zero-order valence-corrected chi connectivity index (χ0v) is 13.1. The maximum Gasteiger partial charge on any atom is 0.258 e. The van der Waals surface area contributed by atoms with Crippen LogP contribution in [0.25, 0.3) is 0 Å². The molecule has 0 radical (unpaired) electrons. The lowest BCUT2D eigenvalue weighted by Crippen LogP contribution is -2.43. The number of nitrogens with zero attached hydrogens (tertiary/aromatic N) is 1. The summed E-state index contributed by atoms with van der Waals surface area (Å²) in [7, 11) is 1.51. The van der Waals surface area contributed by atoms with Crippen LogP contribution in [0, 0.1) is 17.2 Å². The summed E-state index contributed by atoms with van der Waals surface area (Å²) in [6, 6.07) is 7.16. The Morgan fingerprint density at radius 1 is 1.36 bits per heavy atom. The second kappa shape index (κ2) is 7.69. The summed E-state index contributed by atoms with van der Waals surface area (Å²) in [4.78, 5) is 12.0. The van der Waals surface area contributed by atoms with E-state index in [1.807, 2.05) is 6.07 Å². The van der Waals surface area contributed by atoms with Gasteiger partial charge in [0.2, 0.25) is 0 Å². The Bertz CT molecular complexity index is 566. The molecule has 5 heteroatoms. The van der Waals surface area contributed by atoms with Gasteiger partial charge >= 0.3 is 0 Å². The first-order valence-corrected chi connectivity index (χ1v) is 7.64. The number of hydrogen-bond donors (Lipinski definition) is 1. The molecule has 0 spiro atoms. The highest BCUT2D eigenvalue weighted by Crippen LogP contribution is 2.28. The van der Waals surface area contributed by atoms with Crippen molar-refractivity contribution in [3.8, 4) is 17.6 Å². The zero-order valence-electron chi connectivity index (χ0n) is 13.1. The van der Waals surface area contributed by atoms with E-state index in [4.69, 9.17) is 14.7 Å². The van der Waals surface area contributed by atoms with Crippen LogP contribution in [0.4, 0.5) is 0 Å². The van der Waals surface area contributed by atoms with Crippen LogP contribution in [0.15, 0.2) is 18.2 Å². The zero-order chi connectivity index (χ0) is 15.9. The van der Waals surface area contributed by atoms with Gasteiger partial charge in [0.1, 0.15) is 0 Å². The highest BCUT2D eigenvalue weighted by atomic mass is 16.5. The number of nitriles is 1. The molecule has 0 aliphatic heterocycles. The molecule has 1 amide bonds. The van der Waals surface area contributed by atoms with E-state index in [9.17, 15) is 4.79 Å². The van der Waals surface area contributed by atoms with Crippen molar-refractivity contribution < 1.29 is 14.3 Å². The Morgan fingerprint density at radius 3 is 2.82 bits per heavy atom. The van der Waals surface area contributed by atoms with Gasteiger partial charge in [-0.2, -0.15) is 5.26 Å². The van der Waals surface area contributed by atoms with Gasteiger partial charge in [-0.3, -0.25) is 4.79 Å². The van der Waals surface area contributed by atoms with E-state index in [2.05, 4.69) is 12.2 Å². The van der Waals surface area contributed by atoms with Crippen molar-refractivity contribution in [1.82, 2.24) is 5.32 Å². The topological polar surface area (TPSA) is 71.3 Å². The van der Waals surface area contributed by atoms with Crippen molar-refractivity contribution in [3.63, 3.8) is 0 Å². The van der Waals surface area contributed by atoms with Crippen LogP contribution in [-0.4, -0.2) is 25.7 Å². The molecule has 0 heterocycles. The van der Waals surface area contributed by atoms with Crippen LogP contribution in [0.1, 0.15) is 38.2 Å². The van der Waals surface area contributed by atoms with E-state index in [1.165, 1.54) is 20.0 Å². The maximum absolute atomic E-state index is 12.0. The molecule has 0 bridgehead atoms. The first-order valence-electron chi connectivity index (χ1n) is 7.64. The average Bonchev–Trinajstić information content (AvgIpc) is 2.55. The van der Waals surface area contributed by atoms with Crippen molar-refractivity contribution >= 4 is 5.91 Å². The number of carbonyl (C=O) groups excluding carboxylic acids is 1. The molecule has 1 aliphatic rings. The van der Waals surface area contributed by atoms with Crippen molar-refractivity contribution in [1.29, 1.82) is 5.26 Å². The molecule has 0 unspecified atom stereocenters. The maximum atomic E-state index is 12.0. The summed E-state index contributed by atoms with van der Waals surface area (Å²) < 4.78 is 10.7. The standard InChI is InChI=1S/C17H22N2O3/c1-12-5-3-4-6-14(12)19-17(20)11-22-15-8-7-13(10-18)9-16(15)21-2/h7-9,12,14H,3-6,11H2,1-2H3,(H,19,20)/t12-,14-/m1/s1. The van der Waals surface area contributed by atoms with Crippen LogP contribution in [0.3, 0.4) is 0 Å². The third kappa shape index (κ3) is 4.14. The fourth-order valence-corrected chi connectivity index (χ4v) is 2.78. The molecule has 22 heavy (non-hydrogen) atoms. The fraction of sp³-hybridized carbons (Fsp3) is 0.529. The van der Waals surface area contributed by atoms with Gasteiger partial charge < -0.3 is 14.8 Å². The number of methoxy groups -OCH3 is 1. The highest BCUT2D eigenvalue weighted by Gasteiger charge is 2.22. The monoisotopic (exact) mass is 302 g/mol. The molecule has 1 aromatic rings. The number of amides is 1. The van der Waals surface area contributed by atoms with Crippen molar-refractivity contribution in [2.45, 2.75) is 38.6 Å². The molecule has 1 fully saturated rings. The van der Waals surface area contributed by atoms with Gasteiger partial charge in [-0.25, -0.2) is 0 Å². The summed E-state index contributed by atoms with van der Waals surface area (Å²) >= 11 is 0. The summed E-state index contributed by atoms with van der Waals surface area (Å²) in [5.74, 6) is 1.32. The predicted octanol–water partition coefficient (Wildman–Crippen LogP) is 2.64. The van der Waals surface area contributed by atoms with Crippen LogP contribution >= 0.6 is 0 Å². The molecule has 1 saturated carbocycles. The van der Waals surface area contributed by atoms with Gasteiger partial charge in [-0.1, -0.05) is 19.8 Å². The van der Waals surface area contributed by atoms with Crippen LogP contribution in [-0.2, 0) is 4.79 Å². The van der Waals surface area contributed by atoms with Crippen LogP contribution in [0.5, 0.6) is 11.5 Å². The number of ether oxygens (including phenoxy) is 2. The first-order chi connectivity index (χ1) is 10.6. The van der Waals surface area contributed by atoms with Crippen LogP contribution in [0.2, 0.25) is 0 Å². The minimum Gasteiger partial charge on any atom is -0.493 e. The molecule has 2 rings (SSSR count). The third-order valence-electron chi connectivity index (χ3n) is 4.11. The normalized spacial score (nSPS) is 20.8. The van der Waals surface area contributed by atoms with E-state index >= 15 is 0 Å². The number of nitrogens with one attached hydrogen (secondary N) is 1. The van der Waals surface area contributed by atoms with E-state index in [-0.39, 0.29) is 18.6 Å². The smallest absolute Gasteiger partial charge is 0.258 e. The molecule has 0 aromatic heterocycles. The molecular weight excluding hydrogens is 280 g/mol. The SMILES string of the molecule is COc1cc(C#N)ccc1OCC(=O)N[C@@H]1CCCC[C@H]1C. The summed E-state index contributed by atoms with van der Waals surface area (Å²) in [6.07, 6.45) is 4.61. The average molecular weight is 302 g/mol. The lowest BCUT2D eigenvalue weighted by Gasteiger charge is -2.29. The summed E-state index contributed by atoms with van der Waals surface area (Å²) in [6.45, 7) is 2.13. The van der Waals surface area contributed by atoms with Gasteiger partial charge in [0.25, 0.3) is 5.91 Å². The van der Waals surface area contributed by atoms with E-state index in [0.717, 1.165) is 12.8 Å². The lowest BCUT2D eigenvalue weighted by atomic mass is 9.86. The van der Waals surface area contributed by atoms with Gasteiger partial charge in [0.15, 0.2) is 18.1 Å². The Morgan fingerprint density at radius 2 is 2.14 bits per heavy atom. The number of carbonyl (C=O) groups is 1. The molecular formula is C17H22N2O3. The number of rotatable bonds is 5. The minimum absolute atomic E-state index is 0.0501. The Kier molecular flexibility index (Phi) is 5.65. The molecule has 5 nitrogen and oxygen atoms in total. The molecule has 118 valence electrons. The Labute approximate surface area is 131 Å². The van der Waals surface area contributed by atoms with Crippen LogP contribution < -0.4 is 14.8 Å². The van der Waals surface area contributed by atoms with E-state index in [0.29, 0.717) is 23.0 Å². The quantitative estimate of drug-likeness (QED) is 0.907. The first kappa shape index (κ1) is 16.2. The van der Waals surface area contributed by atoms with Gasteiger partial charge in [0, 0.05) is 12.1 Å². The number of hydrogen-bond acceptors (Lipinski definition) is 4. The molecule has 1 aliphatic carbocycles. The van der Waals surface area contributed by atoms with E-state index in [1.54, 1.807) is 18.2 Å². The summed E-state index contributed by atoms with van der Waals surface area (Å²) in [5.41, 5.74) is 0.490. The Balaban J connectivity index is 1.89. The number of benzene rings is 1. The van der Waals surface area contributed by atoms with E-state index < -0.39 is 0 Å².